The summed E-state index contributed by atoms with van der Waals surface area (Å²) in [6.45, 7) is 0. The number of hydrogen-bond acceptors (Lipinski definition) is 6. The van der Waals surface area contributed by atoms with Gasteiger partial charge in [-0.2, -0.15) is 0 Å². The summed E-state index contributed by atoms with van der Waals surface area (Å²) in [5.74, 6) is 0.202. The molecule has 0 atom stereocenters. The van der Waals surface area contributed by atoms with Crippen LogP contribution >= 0.6 is 0 Å². The summed E-state index contributed by atoms with van der Waals surface area (Å²) in [5.41, 5.74) is -0.349. The van der Waals surface area contributed by atoms with E-state index in [1.54, 1.807) is 24.3 Å². The van der Waals surface area contributed by atoms with Crippen molar-refractivity contribution < 1.29 is 36.6 Å². The molecule has 0 saturated heterocycles. The maximum atomic E-state index is 11.6. The molecule has 9 heteroatoms. The average molecular weight is 498 g/mol. The first-order valence-corrected chi connectivity index (χ1v) is 14.4. The van der Waals surface area contributed by atoms with Crippen LogP contribution in [0.2, 0.25) is 7.25 Å². The molecule has 156 valence electrons. The van der Waals surface area contributed by atoms with Gasteiger partial charge in [-0.1, -0.05) is 0 Å². The first-order chi connectivity index (χ1) is 15.0. The Morgan fingerprint density at radius 3 is 1.35 bits per heavy atom. The van der Waals surface area contributed by atoms with Crippen LogP contribution in [-0.4, -0.2) is 9.85 Å². The second-order valence-corrected chi connectivity index (χ2v) is 14.8. The monoisotopic (exact) mass is 496 g/mol. The van der Waals surface area contributed by atoms with Crippen molar-refractivity contribution in [1.29, 1.82) is 0 Å². The third-order valence-electron chi connectivity index (χ3n) is 5.09. The SMILES string of the molecule is O=[N+]([O-])c1ccccc1[O][Zr]([O]c1ccccc1[N+](=O)[O-])([CH]1C=CC=C1)[CH]1C=CC=C1. The number of nitro groups is 2. The fourth-order valence-corrected chi connectivity index (χ4v) is 12.4. The van der Waals surface area contributed by atoms with Gasteiger partial charge < -0.3 is 0 Å². The molecule has 8 nitrogen and oxygen atoms in total. The van der Waals surface area contributed by atoms with Crippen LogP contribution in [0, 0.1) is 20.2 Å². The van der Waals surface area contributed by atoms with E-state index in [0.717, 1.165) is 0 Å². The van der Waals surface area contributed by atoms with Crippen molar-refractivity contribution in [2.45, 2.75) is 7.25 Å². The zero-order valence-electron chi connectivity index (χ0n) is 16.2. The quantitative estimate of drug-likeness (QED) is 0.338. The molecule has 0 saturated carbocycles. The van der Waals surface area contributed by atoms with Gasteiger partial charge in [0.25, 0.3) is 0 Å². The molecule has 0 spiro atoms. The molecule has 0 amide bonds. The van der Waals surface area contributed by atoms with E-state index in [0.29, 0.717) is 0 Å². The summed E-state index contributed by atoms with van der Waals surface area (Å²) >= 11 is -4.54. The van der Waals surface area contributed by atoms with Gasteiger partial charge in [0.05, 0.1) is 0 Å². The maximum absolute atomic E-state index is 11.6. The van der Waals surface area contributed by atoms with Gasteiger partial charge in [0.15, 0.2) is 0 Å². The molecular formula is C22H18N2O6Zr. The molecule has 2 aliphatic rings. The summed E-state index contributed by atoms with van der Waals surface area (Å²) in [5, 5.41) is 23.2. The first kappa shape index (κ1) is 20.9. The molecular weight excluding hydrogens is 479 g/mol. The number of benzene rings is 2. The fraction of sp³-hybridized carbons (Fsp3) is 0.0909. The first-order valence-electron chi connectivity index (χ1n) is 9.56. The molecule has 31 heavy (non-hydrogen) atoms. The van der Waals surface area contributed by atoms with E-state index in [1.165, 1.54) is 24.3 Å². The van der Waals surface area contributed by atoms with E-state index in [2.05, 4.69) is 0 Å². The number of nitrogens with zero attached hydrogens (tertiary/aromatic N) is 2. The van der Waals surface area contributed by atoms with Crippen LogP contribution in [0.15, 0.2) is 97.1 Å². The standard InChI is InChI=1S/2C6H5NO3.2C5H5.Zr/c2*8-6-4-2-1-3-5(6)7(9)10;2*1-2-4-5-3-1;/h2*1-4,8H;2*1-5H;/q;;;;+2/p-2. The molecule has 0 aromatic heterocycles. The molecule has 0 heterocycles. The minimum atomic E-state index is -4.54. The van der Waals surface area contributed by atoms with Crippen molar-refractivity contribution in [3.8, 4) is 11.5 Å². The fourth-order valence-electron chi connectivity index (χ4n) is 3.65. The number of nitro benzene ring substituents is 2. The molecule has 2 aliphatic carbocycles. The molecule has 0 unspecified atom stereocenters. The Labute approximate surface area is 183 Å². The summed E-state index contributed by atoms with van der Waals surface area (Å²) < 4.78 is 12.5. The summed E-state index contributed by atoms with van der Waals surface area (Å²) in [4.78, 5) is 22.2. The summed E-state index contributed by atoms with van der Waals surface area (Å²) in [6.07, 6.45) is 15.2. The Bertz CT molecular complexity index is 1030. The van der Waals surface area contributed by atoms with Crippen LogP contribution in [0.25, 0.3) is 0 Å². The summed E-state index contributed by atoms with van der Waals surface area (Å²) in [7, 11) is 0. The zero-order chi connectivity index (χ0) is 21.8. The normalized spacial score (nSPS) is 15.5. The third-order valence-corrected chi connectivity index (χ3v) is 14.2. The topological polar surface area (TPSA) is 105 Å². The van der Waals surface area contributed by atoms with Gasteiger partial charge in [-0.05, 0) is 0 Å². The summed E-state index contributed by atoms with van der Waals surface area (Å²) in [6, 6.07) is 12.3. The van der Waals surface area contributed by atoms with Crippen molar-refractivity contribution in [2.24, 2.45) is 0 Å². The van der Waals surface area contributed by atoms with Gasteiger partial charge in [-0.15, -0.1) is 0 Å². The molecule has 0 radical (unpaired) electrons. The number of hydrogen-bond donors (Lipinski definition) is 0. The molecule has 0 fully saturated rings. The van der Waals surface area contributed by atoms with E-state index < -0.39 is 31.0 Å². The van der Waals surface area contributed by atoms with Crippen LogP contribution < -0.4 is 5.63 Å². The molecule has 0 bridgehead atoms. The van der Waals surface area contributed by atoms with E-state index >= 15 is 0 Å². The minimum absolute atomic E-state index is 0.101. The van der Waals surface area contributed by atoms with Crippen LogP contribution in [0.3, 0.4) is 0 Å². The van der Waals surface area contributed by atoms with Crippen LogP contribution in [-0.2, 0) is 21.1 Å². The second kappa shape index (κ2) is 8.82. The predicted molar refractivity (Wildman–Crippen MR) is 112 cm³/mol. The van der Waals surface area contributed by atoms with Gasteiger partial charge in [-0.3, -0.25) is 0 Å². The van der Waals surface area contributed by atoms with Gasteiger partial charge in [0, 0.05) is 0 Å². The van der Waals surface area contributed by atoms with Crippen LogP contribution in [0.1, 0.15) is 0 Å². The Morgan fingerprint density at radius 1 is 0.645 bits per heavy atom. The van der Waals surface area contributed by atoms with Gasteiger partial charge in [-0.25, -0.2) is 0 Å². The van der Waals surface area contributed by atoms with E-state index in [4.69, 9.17) is 5.63 Å². The van der Waals surface area contributed by atoms with Crippen LogP contribution in [0.5, 0.6) is 11.5 Å². The van der Waals surface area contributed by atoms with Gasteiger partial charge in [0.2, 0.25) is 0 Å². The number of rotatable bonds is 8. The van der Waals surface area contributed by atoms with E-state index in [9.17, 15) is 20.2 Å². The van der Waals surface area contributed by atoms with Crippen molar-refractivity contribution >= 4 is 11.4 Å². The van der Waals surface area contributed by atoms with E-state index in [1.807, 2.05) is 48.6 Å². The Balaban J connectivity index is 1.88. The average Bonchev–Trinajstić information content (AvgIpc) is 3.48. The van der Waals surface area contributed by atoms with Crippen molar-refractivity contribution in [3.63, 3.8) is 0 Å². The molecule has 0 aliphatic heterocycles. The van der Waals surface area contributed by atoms with Crippen molar-refractivity contribution in [3.05, 3.63) is 117 Å². The third kappa shape index (κ3) is 4.14. The molecule has 4 rings (SSSR count). The van der Waals surface area contributed by atoms with Crippen molar-refractivity contribution in [1.82, 2.24) is 0 Å². The number of allylic oxidation sites excluding steroid dienone is 8. The number of para-hydroxylation sites is 4. The Morgan fingerprint density at radius 2 is 1.00 bits per heavy atom. The van der Waals surface area contributed by atoms with Crippen LogP contribution in [0.4, 0.5) is 11.4 Å². The predicted octanol–water partition coefficient (Wildman–Crippen LogP) is 5.77. The Hall–Kier alpha value is -3.32. The Kier molecular flexibility index (Phi) is 5.95. The zero-order valence-corrected chi connectivity index (χ0v) is 18.7. The molecule has 2 aromatic carbocycles. The van der Waals surface area contributed by atoms with Gasteiger partial charge in [0.1, 0.15) is 0 Å². The second-order valence-electron chi connectivity index (χ2n) is 6.97. The van der Waals surface area contributed by atoms with Crippen molar-refractivity contribution in [2.75, 3.05) is 0 Å². The molecule has 0 N–H and O–H groups in total. The van der Waals surface area contributed by atoms with E-state index in [-0.39, 0.29) is 30.1 Å². The molecule has 2 aromatic rings. The van der Waals surface area contributed by atoms with Gasteiger partial charge >= 0.3 is 184 Å².